The van der Waals surface area contributed by atoms with Crippen LogP contribution in [0.1, 0.15) is 17.2 Å². The molecule has 0 aromatic heterocycles. The first kappa shape index (κ1) is 13.8. The van der Waals surface area contributed by atoms with Gasteiger partial charge in [-0.15, -0.1) is 12.4 Å². The Morgan fingerprint density at radius 3 is 2.40 bits per heavy atom. The van der Waals surface area contributed by atoms with Gasteiger partial charge < -0.3 is 5.73 Å². The summed E-state index contributed by atoms with van der Waals surface area (Å²) in [6.07, 6.45) is -2.73. The van der Waals surface area contributed by atoms with Gasteiger partial charge in [-0.3, -0.25) is 0 Å². The van der Waals surface area contributed by atoms with E-state index in [4.69, 9.17) is 11.0 Å². The average molecular weight is 237 g/mol. The van der Waals surface area contributed by atoms with Crippen LogP contribution in [0.5, 0.6) is 0 Å². The molecule has 0 spiro atoms. The summed E-state index contributed by atoms with van der Waals surface area (Å²) in [4.78, 5) is 0. The third kappa shape index (κ3) is 3.11. The first-order valence-corrected chi connectivity index (χ1v) is 3.79. The van der Waals surface area contributed by atoms with E-state index < -0.39 is 18.3 Å². The lowest BCUT2D eigenvalue weighted by atomic mass is 10.1. The molecule has 0 fully saturated rings. The molecule has 1 aromatic rings. The molecule has 0 aliphatic carbocycles. The number of rotatable bonds is 2. The highest BCUT2D eigenvalue weighted by atomic mass is 35.5. The van der Waals surface area contributed by atoms with E-state index in [-0.39, 0.29) is 23.5 Å². The van der Waals surface area contributed by atoms with Gasteiger partial charge >= 0.3 is 0 Å². The van der Waals surface area contributed by atoms with Crippen molar-refractivity contribution in [2.24, 2.45) is 5.73 Å². The molecule has 2 N–H and O–H groups in total. The molecule has 0 bridgehead atoms. The summed E-state index contributed by atoms with van der Waals surface area (Å²) in [6, 6.07) is 3.20. The second kappa shape index (κ2) is 5.59. The van der Waals surface area contributed by atoms with Gasteiger partial charge in [-0.1, -0.05) is 6.07 Å². The summed E-state index contributed by atoms with van der Waals surface area (Å²) in [5, 5.41) is 8.44. The van der Waals surface area contributed by atoms with Gasteiger partial charge in [-0.2, -0.15) is 5.26 Å². The molecule has 1 aromatic carbocycles. The smallest absolute Gasteiger partial charge is 0.257 e. The number of nitrogens with two attached hydrogens (primary N) is 1. The van der Waals surface area contributed by atoms with E-state index in [9.17, 15) is 13.2 Å². The van der Waals surface area contributed by atoms with Crippen molar-refractivity contribution in [3.05, 3.63) is 35.1 Å². The Kier molecular flexibility index (Phi) is 5.12. The van der Waals surface area contributed by atoms with Crippen molar-refractivity contribution >= 4 is 12.4 Å². The van der Waals surface area contributed by atoms with E-state index in [1.54, 1.807) is 6.07 Å². The van der Waals surface area contributed by atoms with Crippen LogP contribution in [0.15, 0.2) is 18.2 Å². The Labute approximate surface area is 90.9 Å². The lowest BCUT2D eigenvalue weighted by Crippen LogP contribution is -2.19. The molecule has 0 unspecified atom stereocenters. The summed E-state index contributed by atoms with van der Waals surface area (Å²) in [7, 11) is 0. The van der Waals surface area contributed by atoms with Gasteiger partial charge in [0.2, 0.25) is 0 Å². The largest absolute Gasteiger partial charge is 0.319 e. The number of hydrogen-bond donors (Lipinski definition) is 1. The summed E-state index contributed by atoms with van der Waals surface area (Å²) in [5.74, 6) is -0.738. The average Bonchev–Trinajstić information content (AvgIpc) is 2.17. The first-order chi connectivity index (χ1) is 6.56. The molecule has 0 heterocycles. The highest BCUT2D eigenvalue weighted by Crippen LogP contribution is 2.20. The van der Waals surface area contributed by atoms with Gasteiger partial charge in [-0.05, 0) is 17.7 Å². The normalized spacial score (nSPS) is 11.7. The van der Waals surface area contributed by atoms with E-state index in [1.165, 1.54) is 0 Å². The van der Waals surface area contributed by atoms with E-state index in [0.29, 0.717) is 0 Å². The molecular weight excluding hydrogens is 229 g/mol. The Bertz CT molecular complexity index is 376. The summed E-state index contributed by atoms with van der Waals surface area (Å²) in [5.41, 5.74) is 4.90. The fourth-order valence-corrected chi connectivity index (χ4v) is 0.981. The first-order valence-electron chi connectivity index (χ1n) is 3.79. The van der Waals surface area contributed by atoms with Crippen molar-refractivity contribution in [2.45, 2.75) is 12.5 Å². The van der Waals surface area contributed by atoms with Crippen LogP contribution in [0.3, 0.4) is 0 Å². The molecule has 0 saturated heterocycles. The fourth-order valence-electron chi connectivity index (χ4n) is 0.981. The number of hydrogen-bond acceptors (Lipinski definition) is 2. The van der Waals surface area contributed by atoms with Gasteiger partial charge in [0.25, 0.3) is 6.43 Å². The van der Waals surface area contributed by atoms with Crippen LogP contribution in [-0.2, 0) is 0 Å². The predicted octanol–water partition coefficient (Wildman–Crippen LogP) is 2.38. The van der Waals surface area contributed by atoms with Gasteiger partial charge in [0.05, 0.1) is 11.6 Å². The molecule has 6 heteroatoms. The molecule has 15 heavy (non-hydrogen) atoms. The highest BCUT2D eigenvalue weighted by Gasteiger charge is 2.18. The van der Waals surface area contributed by atoms with Crippen LogP contribution >= 0.6 is 12.4 Å². The third-order valence-electron chi connectivity index (χ3n) is 1.77. The Balaban J connectivity index is 0.00000196. The monoisotopic (exact) mass is 236 g/mol. The summed E-state index contributed by atoms with van der Waals surface area (Å²) in [6.45, 7) is 0. The van der Waals surface area contributed by atoms with Crippen molar-refractivity contribution in [3.63, 3.8) is 0 Å². The zero-order chi connectivity index (χ0) is 10.7. The second-order valence-electron chi connectivity index (χ2n) is 2.71. The van der Waals surface area contributed by atoms with Gasteiger partial charge in [0.15, 0.2) is 0 Å². The molecule has 0 saturated carbocycles. The summed E-state index contributed by atoms with van der Waals surface area (Å²) >= 11 is 0. The van der Waals surface area contributed by atoms with Gasteiger partial charge in [0.1, 0.15) is 11.9 Å². The van der Waals surface area contributed by atoms with E-state index in [1.807, 2.05) is 0 Å². The van der Waals surface area contributed by atoms with Crippen LogP contribution in [-0.4, -0.2) is 6.43 Å². The lowest BCUT2D eigenvalue weighted by molar-refractivity contribution is 0.116. The van der Waals surface area contributed by atoms with Crippen molar-refractivity contribution in [1.82, 2.24) is 0 Å². The number of nitrogens with zero attached hydrogens (tertiary/aromatic N) is 1. The van der Waals surface area contributed by atoms with Crippen LogP contribution < -0.4 is 5.73 Å². The molecule has 0 aliphatic rings. The topological polar surface area (TPSA) is 49.8 Å². The minimum absolute atomic E-state index is 0. The number of halogens is 4. The number of alkyl halides is 2. The zero-order valence-electron chi connectivity index (χ0n) is 7.45. The van der Waals surface area contributed by atoms with E-state index in [2.05, 4.69) is 0 Å². The minimum Gasteiger partial charge on any atom is -0.319 e. The molecule has 1 atom stereocenters. The minimum atomic E-state index is -2.73. The van der Waals surface area contributed by atoms with Crippen LogP contribution in [0.25, 0.3) is 0 Å². The number of nitriles is 1. The van der Waals surface area contributed by atoms with E-state index >= 15 is 0 Å². The molecule has 2 nitrogen and oxygen atoms in total. The van der Waals surface area contributed by atoms with Crippen molar-refractivity contribution < 1.29 is 13.2 Å². The highest BCUT2D eigenvalue weighted by molar-refractivity contribution is 5.85. The SMILES string of the molecule is Cl.N#Cc1cc([C@@H](N)C(F)F)ccc1F. The lowest BCUT2D eigenvalue weighted by Gasteiger charge is -2.10. The maximum atomic E-state index is 12.8. The molecule has 0 aliphatic heterocycles. The fraction of sp³-hybridized carbons (Fsp3) is 0.222. The molecule has 0 amide bonds. The summed E-state index contributed by atoms with van der Waals surface area (Å²) < 4.78 is 37.1. The molecule has 1 rings (SSSR count). The standard InChI is InChI=1S/C9H7F3N2.ClH/c10-7-2-1-5(3-6(7)4-13)8(14)9(11)12;/h1-3,8-9H,14H2;1H/t8-;/m1./s1. The molecular formula is C9H8ClF3N2. The Hall–Kier alpha value is -1.25. The van der Waals surface area contributed by atoms with Crippen molar-refractivity contribution in [2.75, 3.05) is 0 Å². The second-order valence-corrected chi connectivity index (χ2v) is 2.71. The van der Waals surface area contributed by atoms with Crippen LogP contribution in [0.4, 0.5) is 13.2 Å². The van der Waals surface area contributed by atoms with Gasteiger partial charge in [-0.25, -0.2) is 13.2 Å². The van der Waals surface area contributed by atoms with Crippen molar-refractivity contribution in [1.29, 1.82) is 5.26 Å². The van der Waals surface area contributed by atoms with E-state index in [0.717, 1.165) is 18.2 Å². The van der Waals surface area contributed by atoms with Crippen molar-refractivity contribution in [3.8, 4) is 6.07 Å². The molecule has 82 valence electrons. The maximum absolute atomic E-state index is 12.8. The Morgan fingerprint density at radius 1 is 1.33 bits per heavy atom. The maximum Gasteiger partial charge on any atom is 0.257 e. The number of benzene rings is 1. The van der Waals surface area contributed by atoms with Gasteiger partial charge in [0, 0.05) is 0 Å². The molecule has 0 radical (unpaired) electrons. The Morgan fingerprint density at radius 2 is 1.93 bits per heavy atom. The quantitative estimate of drug-likeness (QED) is 0.857. The van der Waals surface area contributed by atoms with Crippen LogP contribution in [0.2, 0.25) is 0 Å². The van der Waals surface area contributed by atoms with Crippen LogP contribution in [0, 0.1) is 17.1 Å². The predicted molar refractivity (Wildman–Crippen MR) is 51.3 cm³/mol. The zero-order valence-corrected chi connectivity index (χ0v) is 8.27. The third-order valence-corrected chi connectivity index (χ3v) is 1.77.